The number of nitrogens with one attached hydrogen (secondary N) is 1. The molecule has 0 bridgehead atoms. The van der Waals surface area contributed by atoms with Gasteiger partial charge in [0.2, 0.25) is 11.8 Å². The predicted octanol–water partition coefficient (Wildman–Crippen LogP) is 2.78. The summed E-state index contributed by atoms with van der Waals surface area (Å²) in [5.41, 5.74) is 1.84. The van der Waals surface area contributed by atoms with Crippen molar-refractivity contribution in [3.63, 3.8) is 0 Å². The zero-order valence-electron chi connectivity index (χ0n) is 13.4. The molecule has 3 rings (SSSR count). The van der Waals surface area contributed by atoms with Crippen LogP contribution in [0.3, 0.4) is 0 Å². The Kier molecular flexibility index (Phi) is 5.11. The predicted molar refractivity (Wildman–Crippen MR) is 92.5 cm³/mol. The maximum atomic E-state index is 11.8. The molecule has 1 aliphatic heterocycles. The van der Waals surface area contributed by atoms with Crippen LogP contribution in [0.25, 0.3) is 6.08 Å². The van der Waals surface area contributed by atoms with E-state index < -0.39 is 0 Å². The Hall–Kier alpha value is -2.82. The van der Waals surface area contributed by atoms with E-state index in [9.17, 15) is 9.59 Å². The van der Waals surface area contributed by atoms with Gasteiger partial charge < -0.3 is 14.6 Å². The van der Waals surface area contributed by atoms with Crippen molar-refractivity contribution in [1.29, 1.82) is 0 Å². The molecule has 1 saturated heterocycles. The summed E-state index contributed by atoms with van der Waals surface area (Å²) in [4.78, 5) is 25.3. The van der Waals surface area contributed by atoms with Gasteiger partial charge in [-0.15, -0.1) is 0 Å². The van der Waals surface area contributed by atoms with Gasteiger partial charge >= 0.3 is 0 Å². The van der Waals surface area contributed by atoms with Crippen molar-refractivity contribution in [1.82, 2.24) is 5.32 Å². The number of benzene rings is 1. The summed E-state index contributed by atoms with van der Waals surface area (Å²) < 4.78 is 5.21. The van der Waals surface area contributed by atoms with Gasteiger partial charge in [-0.3, -0.25) is 9.59 Å². The molecule has 2 aromatic rings. The molecule has 0 radical (unpaired) electrons. The maximum Gasteiger partial charge on any atom is 0.244 e. The minimum atomic E-state index is -0.139. The molecular formula is C19H20N2O3. The zero-order valence-corrected chi connectivity index (χ0v) is 13.4. The Morgan fingerprint density at radius 2 is 2.08 bits per heavy atom. The number of amides is 2. The highest BCUT2D eigenvalue weighted by molar-refractivity contribution is 5.95. The molecule has 124 valence electrons. The molecule has 1 aromatic heterocycles. The Morgan fingerprint density at radius 3 is 2.75 bits per heavy atom. The van der Waals surface area contributed by atoms with Gasteiger partial charge in [-0.1, -0.05) is 12.1 Å². The van der Waals surface area contributed by atoms with Crippen LogP contribution >= 0.6 is 0 Å². The average molecular weight is 324 g/mol. The fourth-order valence-electron chi connectivity index (χ4n) is 2.68. The van der Waals surface area contributed by atoms with Crippen LogP contribution < -0.4 is 10.2 Å². The third-order valence-corrected chi connectivity index (χ3v) is 3.96. The van der Waals surface area contributed by atoms with Crippen LogP contribution in [0.2, 0.25) is 0 Å². The Morgan fingerprint density at radius 1 is 1.25 bits per heavy atom. The van der Waals surface area contributed by atoms with E-state index in [0.29, 0.717) is 19.4 Å². The molecule has 1 aromatic carbocycles. The third-order valence-electron chi connectivity index (χ3n) is 3.96. The quantitative estimate of drug-likeness (QED) is 0.831. The van der Waals surface area contributed by atoms with E-state index >= 15 is 0 Å². The molecule has 0 spiro atoms. The van der Waals surface area contributed by atoms with E-state index in [4.69, 9.17) is 4.42 Å². The van der Waals surface area contributed by atoms with Gasteiger partial charge in [0, 0.05) is 37.7 Å². The summed E-state index contributed by atoms with van der Waals surface area (Å²) in [6.07, 6.45) is 7.11. The summed E-state index contributed by atoms with van der Waals surface area (Å²) in [5.74, 6) is 0.890. The van der Waals surface area contributed by atoms with E-state index in [1.807, 2.05) is 36.4 Å². The van der Waals surface area contributed by atoms with Crippen molar-refractivity contribution >= 4 is 23.6 Å². The molecule has 0 unspecified atom stereocenters. The summed E-state index contributed by atoms with van der Waals surface area (Å²) in [6, 6.07) is 11.4. The second-order valence-corrected chi connectivity index (χ2v) is 5.69. The van der Waals surface area contributed by atoms with Crippen molar-refractivity contribution < 1.29 is 14.0 Å². The topological polar surface area (TPSA) is 62.6 Å². The van der Waals surface area contributed by atoms with Gasteiger partial charge in [0.1, 0.15) is 5.76 Å². The van der Waals surface area contributed by atoms with Crippen LogP contribution in [-0.4, -0.2) is 24.9 Å². The van der Waals surface area contributed by atoms with Crippen molar-refractivity contribution in [2.45, 2.75) is 19.3 Å². The van der Waals surface area contributed by atoms with Gasteiger partial charge in [0.15, 0.2) is 0 Å². The van der Waals surface area contributed by atoms with Crippen molar-refractivity contribution in [3.05, 3.63) is 60.1 Å². The normalized spacial score (nSPS) is 14.5. The van der Waals surface area contributed by atoms with E-state index in [1.54, 1.807) is 17.2 Å². The van der Waals surface area contributed by atoms with Gasteiger partial charge in [-0.05, 0) is 42.3 Å². The van der Waals surface area contributed by atoms with Crippen LogP contribution in [-0.2, 0) is 16.0 Å². The fraction of sp³-hybridized carbons (Fsp3) is 0.263. The highest BCUT2D eigenvalue weighted by Crippen LogP contribution is 2.21. The summed E-state index contributed by atoms with van der Waals surface area (Å²) in [5, 5.41) is 2.81. The SMILES string of the molecule is O=C(/C=C/c1ccc(N2CCCC2=O)cc1)NCCc1ccco1. The van der Waals surface area contributed by atoms with Crippen LogP contribution in [0.15, 0.2) is 53.2 Å². The number of hydrogen-bond acceptors (Lipinski definition) is 3. The molecule has 0 atom stereocenters. The summed E-state index contributed by atoms with van der Waals surface area (Å²) in [7, 11) is 0. The van der Waals surface area contributed by atoms with Crippen LogP contribution in [0.5, 0.6) is 0 Å². The summed E-state index contributed by atoms with van der Waals surface area (Å²) in [6.45, 7) is 1.32. The van der Waals surface area contributed by atoms with Crippen molar-refractivity contribution in [2.24, 2.45) is 0 Å². The first-order chi connectivity index (χ1) is 11.7. The summed E-state index contributed by atoms with van der Waals surface area (Å²) >= 11 is 0. The molecule has 0 saturated carbocycles. The second-order valence-electron chi connectivity index (χ2n) is 5.69. The minimum absolute atomic E-state index is 0.139. The molecule has 1 fully saturated rings. The number of carbonyl (C=O) groups excluding carboxylic acids is 2. The minimum Gasteiger partial charge on any atom is -0.469 e. The standard InChI is InChI=1S/C19H20N2O3/c22-18(20-12-11-17-3-2-14-24-17)10-7-15-5-8-16(9-6-15)21-13-1-4-19(21)23/h2-3,5-10,14H,1,4,11-13H2,(H,20,22)/b10-7+. The molecule has 2 amide bonds. The lowest BCUT2D eigenvalue weighted by Crippen LogP contribution is -2.23. The molecule has 5 heteroatoms. The lowest BCUT2D eigenvalue weighted by Gasteiger charge is -2.15. The van der Waals surface area contributed by atoms with E-state index in [-0.39, 0.29) is 11.8 Å². The highest BCUT2D eigenvalue weighted by Gasteiger charge is 2.21. The molecular weight excluding hydrogens is 304 g/mol. The third kappa shape index (κ3) is 4.13. The Labute approximate surface area is 141 Å². The van der Waals surface area contributed by atoms with Crippen LogP contribution in [0, 0.1) is 0 Å². The lowest BCUT2D eigenvalue weighted by atomic mass is 10.2. The molecule has 1 aliphatic rings. The largest absolute Gasteiger partial charge is 0.469 e. The van der Waals surface area contributed by atoms with Crippen LogP contribution in [0.4, 0.5) is 5.69 Å². The number of furan rings is 1. The molecule has 1 N–H and O–H groups in total. The number of rotatable bonds is 6. The first-order valence-corrected chi connectivity index (χ1v) is 8.11. The van der Waals surface area contributed by atoms with Crippen molar-refractivity contribution in [3.8, 4) is 0 Å². The lowest BCUT2D eigenvalue weighted by molar-refractivity contribution is -0.117. The van der Waals surface area contributed by atoms with Gasteiger partial charge in [0.05, 0.1) is 6.26 Å². The first kappa shape index (κ1) is 16.1. The van der Waals surface area contributed by atoms with E-state index in [1.165, 1.54) is 6.08 Å². The van der Waals surface area contributed by atoms with Crippen LogP contribution in [0.1, 0.15) is 24.2 Å². The second kappa shape index (κ2) is 7.64. The fourth-order valence-corrected chi connectivity index (χ4v) is 2.68. The number of hydrogen-bond donors (Lipinski definition) is 1. The van der Waals surface area contributed by atoms with Crippen molar-refractivity contribution in [2.75, 3.05) is 18.0 Å². The van der Waals surface area contributed by atoms with Gasteiger partial charge in [0.25, 0.3) is 0 Å². The Bertz CT molecular complexity index is 718. The van der Waals surface area contributed by atoms with Gasteiger partial charge in [-0.25, -0.2) is 0 Å². The maximum absolute atomic E-state index is 11.8. The molecule has 2 heterocycles. The van der Waals surface area contributed by atoms with E-state index in [2.05, 4.69) is 5.32 Å². The number of carbonyl (C=O) groups is 2. The smallest absolute Gasteiger partial charge is 0.244 e. The molecule has 0 aliphatic carbocycles. The highest BCUT2D eigenvalue weighted by atomic mass is 16.3. The zero-order chi connectivity index (χ0) is 16.8. The number of anilines is 1. The first-order valence-electron chi connectivity index (χ1n) is 8.11. The average Bonchev–Trinajstić information content (AvgIpc) is 3.25. The van der Waals surface area contributed by atoms with Gasteiger partial charge in [-0.2, -0.15) is 0 Å². The Balaban J connectivity index is 1.48. The number of nitrogens with zero attached hydrogens (tertiary/aromatic N) is 1. The van der Waals surface area contributed by atoms with E-state index in [0.717, 1.165) is 30.0 Å². The molecule has 24 heavy (non-hydrogen) atoms. The molecule has 5 nitrogen and oxygen atoms in total. The monoisotopic (exact) mass is 324 g/mol.